The lowest BCUT2D eigenvalue weighted by Crippen LogP contribution is -2.20. The van der Waals surface area contributed by atoms with E-state index in [4.69, 9.17) is 4.74 Å². The molecule has 2 nitrogen and oxygen atoms in total. The molecule has 0 spiro atoms. The molecular formula is C10H22O2Si. The molecule has 3 heteroatoms. The topological polar surface area (TPSA) is 26.3 Å². The highest BCUT2D eigenvalue weighted by Gasteiger charge is 2.13. The summed E-state index contributed by atoms with van der Waals surface area (Å²) < 4.78 is 5.08. The number of carbonyl (C=O) groups excluding carboxylic acids is 1. The molecule has 0 saturated carbocycles. The van der Waals surface area contributed by atoms with Crippen LogP contribution in [0.5, 0.6) is 0 Å². The van der Waals surface area contributed by atoms with Crippen LogP contribution < -0.4 is 0 Å². The molecule has 0 atom stereocenters. The lowest BCUT2D eigenvalue weighted by atomic mass is 10.2. The van der Waals surface area contributed by atoms with Gasteiger partial charge in [0.2, 0.25) is 0 Å². The molecule has 0 saturated heterocycles. The van der Waals surface area contributed by atoms with Crippen molar-refractivity contribution in [3.8, 4) is 0 Å². The zero-order chi connectivity index (χ0) is 10.5. The van der Waals surface area contributed by atoms with Gasteiger partial charge in [-0.3, -0.25) is 4.79 Å². The molecule has 78 valence electrons. The van der Waals surface area contributed by atoms with Gasteiger partial charge in [-0.2, -0.15) is 0 Å². The number of hydrogen-bond acceptors (Lipinski definition) is 2. The van der Waals surface area contributed by atoms with E-state index in [1.54, 1.807) is 0 Å². The van der Waals surface area contributed by atoms with Gasteiger partial charge in [-0.05, 0) is 6.42 Å². The Hall–Kier alpha value is -0.313. The Morgan fingerprint density at radius 2 is 1.85 bits per heavy atom. The minimum absolute atomic E-state index is 0.00637. The lowest BCUT2D eigenvalue weighted by Gasteiger charge is -2.15. The third kappa shape index (κ3) is 8.03. The first-order valence-corrected chi connectivity index (χ1v) is 8.70. The van der Waals surface area contributed by atoms with Crippen LogP contribution in [0.3, 0.4) is 0 Å². The lowest BCUT2D eigenvalue weighted by molar-refractivity contribution is -0.147. The SMILES string of the molecule is CC(C)C(=O)OCCC[Si](C)(C)C. The summed E-state index contributed by atoms with van der Waals surface area (Å²) in [6.07, 6.45) is 1.02. The highest BCUT2D eigenvalue weighted by molar-refractivity contribution is 6.76. The maximum absolute atomic E-state index is 11.1. The van der Waals surface area contributed by atoms with E-state index in [1.165, 1.54) is 6.04 Å². The van der Waals surface area contributed by atoms with E-state index < -0.39 is 8.07 Å². The molecule has 0 heterocycles. The molecule has 0 aromatic rings. The van der Waals surface area contributed by atoms with Crippen molar-refractivity contribution < 1.29 is 9.53 Å². The number of rotatable bonds is 5. The van der Waals surface area contributed by atoms with Crippen LogP contribution in [-0.4, -0.2) is 20.7 Å². The van der Waals surface area contributed by atoms with Crippen LogP contribution in [0.1, 0.15) is 20.3 Å². The van der Waals surface area contributed by atoms with Crippen LogP contribution in [0.4, 0.5) is 0 Å². The molecule has 0 rings (SSSR count). The van der Waals surface area contributed by atoms with Gasteiger partial charge in [-0.1, -0.05) is 39.5 Å². The summed E-state index contributed by atoms with van der Waals surface area (Å²) in [6, 6.07) is 1.23. The van der Waals surface area contributed by atoms with Crippen molar-refractivity contribution in [3.05, 3.63) is 0 Å². The Bertz CT molecular complexity index is 159. The molecule has 0 aliphatic rings. The van der Waals surface area contributed by atoms with Crippen molar-refractivity contribution >= 4 is 14.0 Å². The highest BCUT2D eigenvalue weighted by atomic mass is 28.3. The Morgan fingerprint density at radius 1 is 1.31 bits per heavy atom. The first-order valence-electron chi connectivity index (χ1n) is 4.99. The zero-order valence-corrected chi connectivity index (χ0v) is 10.5. The van der Waals surface area contributed by atoms with Crippen molar-refractivity contribution in [2.24, 2.45) is 5.92 Å². The summed E-state index contributed by atoms with van der Waals surface area (Å²) in [7, 11) is -0.948. The van der Waals surface area contributed by atoms with E-state index in [0.717, 1.165) is 6.42 Å². The fourth-order valence-electron chi connectivity index (χ4n) is 0.942. The van der Waals surface area contributed by atoms with Crippen LogP contribution in [0.25, 0.3) is 0 Å². The number of esters is 1. The van der Waals surface area contributed by atoms with E-state index in [1.807, 2.05) is 13.8 Å². The van der Waals surface area contributed by atoms with Gasteiger partial charge in [-0.15, -0.1) is 0 Å². The monoisotopic (exact) mass is 202 g/mol. The van der Waals surface area contributed by atoms with Gasteiger partial charge >= 0.3 is 5.97 Å². The summed E-state index contributed by atoms with van der Waals surface area (Å²) in [4.78, 5) is 11.1. The molecule has 0 amide bonds. The van der Waals surface area contributed by atoms with Crippen LogP contribution in [0.15, 0.2) is 0 Å². The van der Waals surface area contributed by atoms with Gasteiger partial charge in [0.1, 0.15) is 0 Å². The maximum Gasteiger partial charge on any atom is 0.308 e. The Morgan fingerprint density at radius 3 is 2.23 bits per heavy atom. The molecule has 0 N–H and O–H groups in total. The number of hydrogen-bond donors (Lipinski definition) is 0. The summed E-state index contributed by atoms with van der Waals surface area (Å²) >= 11 is 0. The molecule has 0 fully saturated rings. The second-order valence-electron chi connectivity index (χ2n) is 4.99. The average molecular weight is 202 g/mol. The molecule has 0 unspecified atom stereocenters. The normalized spacial score (nSPS) is 11.8. The molecule has 0 aliphatic carbocycles. The first-order chi connectivity index (χ1) is 5.83. The highest BCUT2D eigenvalue weighted by Crippen LogP contribution is 2.11. The van der Waals surface area contributed by atoms with Crippen molar-refractivity contribution in [3.63, 3.8) is 0 Å². The predicted octanol–water partition coefficient (Wildman–Crippen LogP) is 2.91. The number of ether oxygens (including phenoxy) is 1. The van der Waals surface area contributed by atoms with Gasteiger partial charge in [0.15, 0.2) is 0 Å². The Kier molecular flexibility index (Phi) is 5.29. The average Bonchev–Trinajstić information content (AvgIpc) is 1.95. The molecule has 13 heavy (non-hydrogen) atoms. The van der Waals surface area contributed by atoms with Crippen molar-refractivity contribution in [2.45, 2.75) is 46.0 Å². The maximum atomic E-state index is 11.1. The van der Waals surface area contributed by atoms with E-state index in [-0.39, 0.29) is 11.9 Å². The van der Waals surface area contributed by atoms with Crippen LogP contribution >= 0.6 is 0 Å². The minimum Gasteiger partial charge on any atom is -0.465 e. The largest absolute Gasteiger partial charge is 0.465 e. The smallest absolute Gasteiger partial charge is 0.308 e. The van der Waals surface area contributed by atoms with E-state index in [2.05, 4.69) is 19.6 Å². The fourth-order valence-corrected chi connectivity index (χ4v) is 2.15. The summed E-state index contributed by atoms with van der Waals surface area (Å²) in [6.45, 7) is 11.3. The molecule has 0 aliphatic heterocycles. The van der Waals surface area contributed by atoms with Crippen LogP contribution in [-0.2, 0) is 9.53 Å². The third-order valence-corrected chi connectivity index (χ3v) is 3.64. The summed E-state index contributed by atoms with van der Waals surface area (Å²) in [5.74, 6) is -0.0672. The van der Waals surface area contributed by atoms with Gasteiger partial charge in [0.25, 0.3) is 0 Å². The van der Waals surface area contributed by atoms with Gasteiger partial charge in [0.05, 0.1) is 12.5 Å². The third-order valence-electron chi connectivity index (χ3n) is 1.79. The standard InChI is InChI=1S/C10H22O2Si/c1-9(2)10(11)12-7-6-8-13(3,4)5/h9H,6-8H2,1-5H3. The van der Waals surface area contributed by atoms with Gasteiger partial charge in [0, 0.05) is 8.07 Å². The molecule has 0 aromatic heterocycles. The van der Waals surface area contributed by atoms with Gasteiger partial charge < -0.3 is 4.74 Å². The van der Waals surface area contributed by atoms with Crippen LogP contribution in [0.2, 0.25) is 25.7 Å². The summed E-state index contributed by atoms with van der Waals surface area (Å²) in [5, 5.41) is 0. The van der Waals surface area contributed by atoms with Gasteiger partial charge in [-0.25, -0.2) is 0 Å². The quantitative estimate of drug-likeness (QED) is 0.389. The fraction of sp³-hybridized carbons (Fsp3) is 0.900. The van der Waals surface area contributed by atoms with Crippen LogP contribution in [0, 0.1) is 5.92 Å². The molecule has 0 aromatic carbocycles. The molecule has 0 radical (unpaired) electrons. The predicted molar refractivity (Wildman–Crippen MR) is 58.6 cm³/mol. The van der Waals surface area contributed by atoms with E-state index >= 15 is 0 Å². The Labute approximate surface area is 82.7 Å². The van der Waals surface area contributed by atoms with Crippen molar-refractivity contribution in [1.29, 1.82) is 0 Å². The number of carbonyl (C=O) groups is 1. The Balaban J connectivity index is 3.42. The minimum atomic E-state index is -0.948. The zero-order valence-electron chi connectivity index (χ0n) is 9.52. The second-order valence-corrected chi connectivity index (χ2v) is 10.6. The molecular weight excluding hydrogens is 180 g/mol. The summed E-state index contributed by atoms with van der Waals surface area (Å²) in [5.41, 5.74) is 0. The van der Waals surface area contributed by atoms with Crippen molar-refractivity contribution in [1.82, 2.24) is 0 Å². The van der Waals surface area contributed by atoms with Crippen molar-refractivity contribution in [2.75, 3.05) is 6.61 Å². The second kappa shape index (κ2) is 5.42. The van der Waals surface area contributed by atoms with E-state index in [9.17, 15) is 4.79 Å². The molecule has 0 bridgehead atoms. The van der Waals surface area contributed by atoms with E-state index in [0.29, 0.717) is 6.61 Å². The first kappa shape index (κ1) is 12.7.